The molecule has 1 N–H and O–H groups in total. The Bertz CT molecular complexity index is 1140. The molecule has 178 valence electrons. The lowest BCUT2D eigenvalue weighted by molar-refractivity contribution is -0.114. The number of aromatic nitrogens is 3. The number of hydrogen-bond acceptors (Lipinski definition) is 6. The number of piperidine rings is 1. The summed E-state index contributed by atoms with van der Waals surface area (Å²) in [6.07, 6.45) is 3.57. The molecule has 0 aliphatic carbocycles. The van der Waals surface area contributed by atoms with Crippen molar-refractivity contribution in [2.24, 2.45) is 0 Å². The Morgan fingerprint density at radius 3 is 2.35 bits per heavy atom. The first-order valence-electron chi connectivity index (χ1n) is 11.4. The van der Waals surface area contributed by atoms with Gasteiger partial charge in [0, 0.05) is 23.9 Å². The predicted molar refractivity (Wildman–Crippen MR) is 131 cm³/mol. The number of carbonyl (C=O) groups is 2. The van der Waals surface area contributed by atoms with E-state index in [4.69, 9.17) is 0 Å². The summed E-state index contributed by atoms with van der Waals surface area (Å²) in [5, 5.41) is 11.7. The lowest BCUT2D eigenvalue weighted by Crippen LogP contribution is -2.30. The summed E-state index contributed by atoms with van der Waals surface area (Å²) >= 11 is 1.33. The van der Waals surface area contributed by atoms with Gasteiger partial charge in [0.2, 0.25) is 5.91 Å². The third kappa shape index (κ3) is 5.90. The highest BCUT2D eigenvalue weighted by molar-refractivity contribution is 8.00. The van der Waals surface area contributed by atoms with Crippen molar-refractivity contribution in [3.8, 4) is 5.69 Å². The fourth-order valence-corrected chi connectivity index (χ4v) is 4.98. The van der Waals surface area contributed by atoms with E-state index in [0.29, 0.717) is 23.0 Å². The number of nitrogens with zero attached hydrogens (tertiary/aromatic N) is 4. The molecule has 1 amide bonds. The van der Waals surface area contributed by atoms with Gasteiger partial charge in [-0.25, -0.2) is 4.39 Å². The lowest BCUT2D eigenvalue weighted by Gasteiger charge is -2.26. The number of amides is 1. The second kappa shape index (κ2) is 10.9. The highest BCUT2D eigenvalue weighted by Crippen LogP contribution is 2.29. The van der Waals surface area contributed by atoms with E-state index in [2.05, 4.69) is 20.4 Å². The van der Waals surface area contributed by atoms with Crippen LogP contribution in [-0.2, 0) is 11.3 Å². The lowest BCUT2D eigenvalue weighted by atomic mass is 10.1. The predicted octanol–water partition coefficient (Wildman–Crippen LogP) is 4.71. The molecular weight excluding hydrogens is 453 g/mol. The van der Waals surface area contributed by atoms with Crippen LogP contribution in [0.3, 0.4) is 0 Å². The van der Waals surface area contributed by atoms with Crippen LogP contribution in [0, 0.1) is 5.82 Å². The van der Waals surface area contributed by atoms with E-state index in [9.17, 15) is 14.0 Å². The Hall–Kier alpha value is -3.04. The fourth-order valence-electron chi connectivity index (χ4n) is 4.01. The van der Waals surface area contributed by atoms with Gasteiger partial charge < -0.3 is 5.32 Å². The van der Waals surface area contributed by atoms with Crippen LogP contribution in [-0.4, -0.2) is 49.7 Å². The summed E-state index contributed by atoms with van der Waals surface area (Å²) in [6.45, 7) is 5.96. The maximum atomic E-state index is 13.6. The van der Waals surface area contributed by atoms with Gasteiger partial charge in [0.25, 0.3) is 0 Å². The van der Waals surface area contributed by atoms with Crippen molar-refractivity contribution in [1.82, 2.24) is 19.7 Å². The second-order valence-corrected chi connectivity index (χ2v) is 9.74. The molecule has 0 bridgehead atoms. The number of likely N-dealkylation sites (tertiary alicyclic amines) is 1. The first-order chi connectivity index (χ1) is 16.4. The monoisotopic (exact) mass is 481 g/mol. The van der Waals surface area contributed by atoms with Crippen LogP contribution in [0.2, 0.25) is 0 Å². The highest BCUT2D eigenvalue weighted by atomic mass is 32.2. The van der Waals surface area contributed by atoms with Crippen molar-refractivity contribution >= 4 is 29.1 Å². The molecule has 0 radical (unpaired) electrons. The molecule has 2 heterocycles. The van der Waals surface area contributed by atoms with Crippen molar-refractivity contribution < 1.29 is 14.0 Å². The summed E-state index contributed by atoms with van der Waals surface area (Å²) in [4.78, 5) is 26.6. The molecule has 7 nitrogen and oxygen atoms in total. The number of halogens is 1. The number of benzene rings is 2. The first-order valence-corrected chi connectivity index (χ1v) is 12.3. The van der Waals surface area contributed by atoms with Crippen molar-refractivity contribution in [2.45, 2.75) is 50.1 Å². The molecule has 34 heavy (non-hydrogen) atoms. The molecule has 1 aromatic heterocycles. The number of Topliss-reactive ketones (excluding diaryl/α,β-unsaturated/α-hetero) is 1. The van der Waals surface area contributed by atoms with Gasteiger partial charge in [-0.1, -0.05) is 18.2 Å². The zero-order valence-electron chi connectivity index (χ0n) is 19.3. The standard InChI is InChI=1S/C25H28FN5O2S/c1-17(24(33)19-6-10-21(11-7-19)27-18(2)32)34-25-29-28-23(16-30-14-4-3-5-15-30)31(25)22-12-8-20(26)9-13-22/h6-13,17H,3-5,14-16H2,1-2H3,(H,27,32). The van der Waals surface area contributed by atoms with Crippen LogP contribution >= 0.6 is 11.8 Å². The van der Waals surface area contributed by atoms with E-state index in [-0.39, 0.29) is 17.5 Å². The molecule has 0 spiro atoms. The average Bonchev–Trinajstić information content (AvgIpc) is 3.21. The van der Waals surface area contributed by atoms with E-state index in [1.807, 2.05) is 11.5 Å². The van der Waals surface area contributed by atoms with Gasteiger partial charge in [-0.2, -0.15) is 0 Å². The van der Waals surface area contributed by atoms with Crippen LogP contribution in [0.15, 0.2) is 53.7 Å². The third-order valence-corrected chi connectivity index (χ3v) is 6.78. The summed E-state index contributed by atoms with van der Waals surface area (Å²) in [5.41, 5.74) is 1.96. The fraction of sp³-hybridized carbons (Fsp3) is 0.360. The molecule has 1 aliphatic heterocycles. The molecule has 2 aromatic carbocycles. The quantitative estimate of drug-likeness (QED) is 0.371. The summed E-state index contributed by atoms with van der Waals surface area (Å²) < 4.78 is 15.5. The van der Waals surface area contributed by atoms with Gasteiger partial charge in [0.15, 0.2) is 16.8 Å². The number of carbonyl (C=O) groups excluding carboxylic acids is 2. The molecule has 4 rings (SSSR count). The van der Waals surface area contributed by atoms with Gasteiger partial charge in [-0.05, 0) is 81.4 Å². The first kappa shape index (κ1) is 24.1. The summed E-state index contributed by atoms with van der Waals surface area (Å²) in [7, 11) is 0. The minimum atomic E-state index is -0.419. The maximum absolute atomic E-state index is 13.6. The molecule has 1 saturated heterocycles. The Morgan fingerprint density at radius 1 is 1.03 bits per heavy atom. The van der Waals surface area contributed by atoms with Gasteiger partial charge in [-0.3, -0.25) is 19.1 Å². The Morgan fingerprint density at radius 2 is 1.71 bits per heavy atom. The number of anilines is 1. The highest BCUT2D eigenvalue weighted by Gasteiger charge is 2.23. The topological polar surface area (TPSA) is 80.1 Å². The molecule has 9 heteroatoms. The number of hydrogen-bond donors (Lipinski definition) is 1. The minimum absolute atomic E-state index is 0.0504. The molecule has 1 atom stereocenters. The van der Waals surface area contributed by atoms with Crippen LogP contribution in [0.5, 0.6) is 0 Å². The molecule has 1 unspecified atom stereocenters. The molecule has 3 aromatic rings. The van der Waals surface area contributed by atoms with Gasteiger partial charge in [-0.15, -0.1) is 10.2 Å². The van der Waals surface area contributed by atoms with Crippen LogP contribution in [0.4, 0.5) is 10.1 Å². The molecular formula is C25H28FN5O2S. The number of ketones is 1. The summed E-state index contributed by atoms with van der Waals surface area (Å²) in [5.74, 6) is 0.249. The number of thioether (sulfide) groups is 1. The zero-order chi connectivity index (χ0) is 24.1. The van der Waals surface area contributed by atoms with Crippen LogP contribution in [0.1, 0.15) is 49.3 Å². The van der Waals surface area contributed by atoms with Crippen LogP contribution in [0.25, 0.3) is 5.69 Å². The van der Waals surface area contributed by atoms with E-state index in [1.165, 1.54) is 50.1 Å². The smallest absolute Gasteiger partial charge is 0.221 e. The van der Waals surface area contributed by atoms with Crippen molar-refractivity contribution in [3.63, 3.8) is 0 Å². The van der Waals surface area contributed by atoms with E-state index < -0.39 is 5.25 Å². The van der Waals surface area contributed by atoms with Crippen LogP contribution < -0.4 is 5.32 Å². The third-order valence-electron chi connectivity index (χ3n) is 5.74. The maximum Gasteiger partial charge on any atom is 0.221 e. The SMILES string of the molecule is CC(=O)Nc1ccc(C(=O)C(C)Sc2nnc(CN3CCCCC3)n2-c2ccc(F)cc2)cc1. The average molecular weight is 482 g/mol. The largest absolute Gasteiger partial charge is 0.326 e. The Labute approximate surface area is 202 Å². The number of rotatable bonds is 8. The Kier molecular flexibility index (Phi) is 7.74. The van der Waals surface area contributed by atoms with Gasteiger partial charge >= 0.3 is 0 Å². The van der Waals surface area contributed by atoms with E-state index in [1.54, 1.807) is 36.4 Å². The minimum Gasteiger partial charge on any atom is -0.326 e. The Balaban J connectivity index is 1.55. The molecule has 1 fully saturated rings. The number of nitrogens with one attached hydrogen (secondary N) is 1. The van der Waals surface area contributed by atoms with Crippen molar-refractivity contribution in [3.05, 3.63) is 65.7 Å². The van der Waals surface area contributed by atoms with Crippen molar-refractivity contribution in [2.75, 3.05) is 18.4 Å². The zero-order valence-corrected chi connectivity index (χ0v) is 20.1. The van der Waals surface area contributed by atoms with E-state index >= 15 is 0 Å². The molecule has 0 saturated carbocycles. The summed E-state index contributed by atoms with van der Waals surface area (Å²) in [6, 6.07) is 13.1. The van der Waals surface area contributed by atoms with Gasteiger partial charge in [0.1, 0.15) is 5.82 Å². The normalized spacial score (nSPS) is 15.1. The van der Waals surface area contributed by atoms with E-state index in [0.717, 1.165) is 24.6 Å². The van der Waals surface area contributed by atoms with Crippen molar-refractivity contribution in [1.29, 1.82) is 0 Å². The van der Waals surface area contributed by atoms with Gasteiger partial charge in [0.05, 0.1) is 11.8 Å². The molecule has 1 aliphatic rings. The second-order valence-electron chi connectivity index (χ2n) is 8.43.